The zero-order chi connectivity index (χ0) is 27.2. The third-order valence-electron chi connectivity index (χ3n) is 8.07. The Bertz CT molecular complexity index is 1480. The molecule has 2 aromatic carbocycles. The van der Waals surface area contributed by atoms with E-state index in [0.29, 0.717) is 56.2 Å². The normalized spacial score (nSPS) is 21.8. The lowest BCUT2D eigenvalue weighted by atomic mass is 9.94. The Labute approximate surface area is 224 Å². The van der Waals surface area contributed by atoms with Gasteiger partial charge in [-0.15, -0.1) is 0 Å². The Hall–Kier alpha value is -2.54. The molecule has 2 aromatic rings. The van der Waals surface area contributed by atoms with Crippen molar-refractivity contribution < 1.29 is 26.4 Å². The highest BCUT2D eigenvalue weighted by Gasteiger charge is 2.34. The van der Waals surface area contributed by atoms with Crippen molar-refractivity contribution >= 4 is 54.0 Å². The number of nitrogens with one attached hydrogen (secondary N) is 1. The van der Waals surface area contributed by atoms with Crippen molar-refractivity contribution in [1.82, 2.24) is 8.61 Å². The molecule has 12 heteroatoms. The van der Waals surface area contributed by atoms with Crippen LogP contribution in [0.3, 0.4) is 0 Å². The van der Waals surface area contributed by atoms with Crippen LogP contribution in [0.5, 0.6) is 0 Å². The first-order valence-electron chi connectivity index (χ1n) is 13.0. The van der Waals surface area contributed by atoms with Crippen LogP contribution in [-0.2, 0) is 24.8 Å². The summed E-state index contributed by atoms with van der Waals surface area (Å²) in [6, 6.07) is 9.18. The summed E-state index contributed by atoms with van der Waals surface area (Å²) < 4.78 is 50.4. The summed E-state index contributed by atoms with van der Waals surface area (Å²) in [7, 11) is -6.53. The van der Waals surface area contributed by atoms with Crippen molar-refractivity contribution in [3.05, 3.63) is 35.9 Å². The van der Waals surface area contributed by atoms with Gasteiger partial charge >= 0.3 is 0 Å². The third-order valence-corrected chi connectivity index (χ3v) is 10.6. The zero-order valence-corrected chi connectivity index (χ0v) is 23.4. The average molecular weight is 563 g/mol. The van der Waals surface area contributed by atoms with E-state index in [-0.39, 0.29) is 18.4 Å². The summed E-state index contributed by atoms with van der Waals surface area (Å²) in [6.07, 6.45) is 6.00. The van der Waals surface area contributed by atoms with Gasteiger partial charge in [0.05, 0.1) is 24.1 Å². The standard InChI is InChI=1S/C26H34N4O6S2/c1-37(33,34)28-14-10-18(11-15-28)12-16-30-23-9-8-22(20-6-3-7-21(24(20)23)26(30)32)27-25(31)19-5-4-13-29(17-19)38(2,35)36/h3,6-9,18-19H,4-5,10-17H2,1-2H3,(H,27,31). The monoisotopic (exact) mass is 562 g/mol. The van der Waals surface area contributed by atoms with Gasteiger partial charge in [-0.25, -0.2) is 25.4 Å². The second-order valence-electron chi connectivity index (χ2n) is 10.7. The first kappa shape index (κ1) is 27.0. The molecular weight excluding hydrogens is 528 g/mol. The predicted octanol–water partition coefficient (Wildman–Crippen LogP) is 2.47. The van der Waals surface area contributed by atoms with Crippen LogP contribution in [-0.4, -0.2) is 82.5 Å². The van der Waals surface area contributed by atoms with Gasteiger partial charge in [-0.05, 0) is 56.2 Å². The minimum atomic E-state index is -3.36. The van der Waals surface area contributed by atoms with Crippen LogP contribution in [0.4, 0.5) is 11.4 Å². The number of anilines is 2. The summed E-state index contributed by atoms with van der Waals surface area (Å²) in [6.45, 7) is 2.17. The number of nitrogens with zero attached hydrogens (tertiary/aromatic N) is 3. The Balaban J connectivity index is 1.30. The van der Waals surface area contributed by atoms with Crippen molar-refractivity contribution in [3.63, 3.8) is 0 Å². The van der Waals surface area contributed by atoms with Gasteiger partial charge < -0.3 is 10.2 Å². The number of benzene rings is 2. The Morgan fingerprint density at radius 2 is 1.66 bits per heavy atom. The van der Waals surface area contributed by atoms with E-state index in [2.05, 4.69) is 5.32 Å². The van der Waals surface area contributed by atoms with Crippen LogP contribution in [0.2, 0.25) is 0 Å². The molecular formula is C26H34N4O6S2. The molecule has 1 atom stereocenters. The molecule has 0 radical (unpaired) electrons. The summed E-state index contributed by atoms with van der Waals surface area (Å²) in [5.74, 6) is -0.381. The van der Waals surface area contributed by atoms with Gasteiger partial charge in [0.2, 0.25) is 26.0 Å². The molecule has 38 heavy (non-hydrogen) atoms. The lowest BCUT2D eigenvalue weighted by molar-refractivity contribution is -0.120. The van der Waals surface area contributed by atoms with E-state index in [1.165, 1.54) is 14.9 Å². The van der Waals surface area contributed by atoms with Crippen molar-refractivity contribution in [2.24, 2.45) is 11.8 Å². The van der Waals surface area contributed by atoms with Gasteiger partial charge in [-0.3, -0.25) is 9.59 Å². The smallest absolute Gasteiger partial charge is 0.258 e. The molecule has 0 bridgehead atoms. The molecule has 3 aliphatic heterocycles. The van der Waals surface area contributed by atoms with Crippen LogP contribution in [0.15, 0.2) is 30.3 Å². The van der Waals surface area contributed by atoms with E-state index in [4.69, 9.17) is 0 Å². The van der Waals surface area contributed by atoms with Crippen molar-refractivity contribution in [2.75, 3.05) is 55.5 Å². The molecule has 10 nitrogen and oxygen atoms in total. The highest BCUT2D eigenvalue weighted by Crippen LogP contribution is 2.41. The topological polar surface area (TPSA) is 124 Å². The second-order valence-corrected chi connectivity index (χ2v) is 14.6. The Morgan fingerprint density at radius 3 is 2.34 bits per heavy atom. The van der Waals surface area contributed by atoms with Crippen LogP contribution in [0.25, 0.3) is 10.8 Å². The molecule has 0 aromatic heterocycles. The van der Waals surface area contributed by atoms with Crippen molar-refractivity contribution in [2.45, 2.75) is 32.1 Å². The molecule has 2 amide bonds. The maximum Gasteiger partial charge on any atom is 0.258 e. The summed E-state index contributed by atoms with van der Waals surface area (Å²) in [5, 5.41) is 4.58. The van der Waals surface area contributed by atoms with E-state index >= 15 is 0 Å². The van der Waals surface area contributed by atoms with Gasteiger partial charge in [-0.1, -0.05) is 12.1 Å². The van der Waals surface area contributed by atoms with Crippen LogP contribution < -0.4 is 10.2 Å². The molecule has 206 valence electrons. The number of hydrogen-bond acceptors (Lipinski definition) is 6. The minimum absolute atomic E-state index is 0.0706. The molecule has 0 spiro atoms. The van der Waals surface area contributed by atoms with E-state index in [9.17, 15) is 26.4 Å². The fourth-order valence-electron chi connectivity index (χ4n) is 5.91. The van der Waals surface area contributed by atoms with E-state index in [1.54, 1.807) is 11.0 Å². The van der Waals surface area contributed by atoms with Gasteiger partial charge in [0.25, 0.3) is 5.91 Å². The number of hydrogen-bond donors (Lipinski definition) is 1. The molecule has 0 aliphatic carbocycles. The first-order chi connectivity index (χ1) is 17.9. The summed E-state index contributed by atoms with van der Waals surface area (Å²) in [5.41, 5.74) is 2.02. The molecule has 3 aliphatic rings. The highest BCUT2D eigenvalue weighted by atomic mass is 32.2. The molecule has 3 heterocycles. The van der Waals surface area contributed by atoms with Crippen LogP contribution >= 0.6 is 0 Å². The van der Waals surface area contributed by atoms with Crippen LogP contribution in [0.1, 0.15) is 42.5 Å². The number of piperidine rings is 2. The van der Waals surface area contributed by atoms with E-state index in [1.807, 2.05) is 24.3 Å². The Kier molecular flexibility index (Phi) is 7.27. The quantitative estimate of drug-likeness (QED) is 0.553. The van der Waals surface area contributed by atoms with Crippen LogP contribution in [0, 0.1) is 11.8 Å². The number of carbonyl (C=O) groups is 2. The fourth-order valence-corrected chi connectivity index (χ4v) is 7.70. The first-order valence-corrected chi connectivity index (χ1v) is 16.7. The maximum atomic E-state index is 13.3. The number of carbonyl (C=O) groups excluding carboxylic acids is 2. The fraction of sp³-hybridized carbons (Fsp3) is 0.538. The predicted molar refractivity (Wildman–Crippen MR) is 147 cm³/mol. The third kappa shape index (κ3) is 5.31. The van der Waals surface area contributed by atoms with E-state index < -0.39 is 26.0 Å². The summed E-state index contributed by atoms with van der Waals surface area (Å²) >= 11 is 0. The van der Waals surface area contributed by atoms with Gasteiger partial charge in [0.1, 0.15) is 0 Å². The lowest BCUT2D eigenvalue weighted by Gasteiger charge is -2.31. The highest BCUT2D eigenvalue weighted by molar-refractivity contribution is 7.88. The second kappa shape index (κ2) is 10.2. The SMILES string of the molecule is CS(=O)(=O)N1CCC(CCN2C(=O)c3cccc4c(NC(=O)C5CCCN(S(C)(=O)=O)C5)ccc2c34)CC1. The molecule has 1 unspecified atom stereocenters. The number of sulfonamides is 2. The maximum absolute atomic E-state index is 13.3. The minimum Gasteiger partial charge on any atom is -0.325 e. The van der Waals surface area contributed by atoms with Gasteiger partial charge in [0.15, 0.2) is 0 Å². The lowest BCUT2D eigenvalue weighted by Crippen LogP contribution is -2.43. The molecule has 2 saturated heterocycles. The van der Waals surface area contributed by atoms with Gasteiger partial charge in [-0.2, -0.15) is 0 Å². The zero-order valence-electron chi connectivity index (χ0n) is 21.7. The largest absolute Gasteiger partial charge is 0.325 e. The van der Waals surface area contributed by atoms with E-state index in [0.717, 1.165) is 42.0 Å². The van der Waals surface area contributed by atoms with Crippen molar-refractivity contribution in [1.29, 1.82) is 0 Å². The molecule has 1 N–H and O–H groups in total. The summed E-state index contributed by atoms with van der Waals surface area (Å²) in [4.78, 5) is 28.2. The number of rotatable bonds is 7. The molecule has 5 rings (SSSR count). The molecule has 2 fully saturated rings. The number of amides is 2. The molecule has 0 saturated carbocycles. The van der Waals surface area contributed by atoms with Crippen molar-refractivity contribution in [3.8, 4) is 0 Å². The Morgan fingerprint density at radius 1 is 0.947 bits per heavy atom. The van der Waals surface area contributed by atoms with Gasteiger partial charge in [0, 0.05) is 54.7 Å². The average Bonchev–Trinajstić information content (AvgIpc) is 3.15.